The SMILES string of the molecule is CCCCCCN(Cc1ccc(NCC(=O)OCC)cc1)C[C@H](O)[C@@H](O)[C@H](O)[C@H](O)CO. The van der Waals surface area contributed by atoms with Gasteiger partial charge in [-0.25, -0.2) is 0 Å². The molecule has 0 radical (unpaired) electrons. The second-order valence-electron chi connectivity index (χ2n) is 7.95. The lowest BCUT2D eigenvalue weighted by Gasteiger charge is -2.30. The summed E-state index contributed by atoms with van der Waals surface area (Å²) in [5.41, 5.74) is 1.77. The number of rotatable bonds is 17. The van der Waals surface area contributed by atoms with Crippen LogP contribution in [0.4, 0.5) is 5.69 Å². The van der Waals surface area contributed by atoms with Crippen LogP contribution in [-0.2, 0) is 16.1 Å². The first kappa shape index (κ1) is 28.3. The van der Waals surface area contributed by atoms with Gasteiger partial charge >= 0.3 is 5.97 Å². The lowest BCUT2D eigenvalue weighted by molar-refractivity contribution is -0.140. The van der Waals surface area contributed by atoms with Gasteiger partial charge in [0.1, 0.15) is 24.9 Å². The van der Waals surface area contributed by atoms with Gasteiger partial charge in [0.05, 0.1) is 19.3 Å². The van der Waals surface area contributed by atoms with E-state index in [1.165, 1.54) is 0 Å². The van der Waals surface area contributed by atoms with E-state index in [-0.39, 0.29) is 19.1 Å². The number of aliphatic hydroxyl groups is 5. The predicted molar refractivity (Wildman–Crippen MR) is 122 cm³/mol. The van der Waals surface area contributed by atoms with Gasteiger partial charge in [-0.1, -0.05) is 38.3 Å². The molecule has 0 bridgehead atoms. The van der Waals surface area contributed by atoms with Gasteiger partial charge in [-0.3, -0.25) is 9.69 Å². The van der Waals surface area contributed by atoms with Crippen molar-refractivity contribution in [1.29, 1.82) is 0 Å². The van der Waals surface area contributed by atoms with Crippen molar-refractivity contribution >= 4 is 11.7 Å². The Bertz CT molecular complexity index is 629. The number of esters is 1. The molecule has 1 rings (SSSR count). The highest BCUT2D eigenvalue weighted by atomic mass is 16.5. The molecule has 32 heavy (non-hydrogen) atoms. The molecule has 9 nitrogen and oxygen atoms in total. The van der Waals surface area contributed by atoms with Crippen molar-refractivity contribution in [3.05, 3.63) is 29.8 Å². The number of nitrogens with one attached hydrogen (secondary N) is 1. The van der Waals surface area contributed by atoms with Crippen LogP contribution in [0, 0.1) is 0 Å². The van der Waals surface area contributed by atoms with E-state index in [0.29, 0.717) is 19.7 Å². The molecule has 0 aliphatic heterocycles. The summed E-state index contributed by atoms with van der Waals surface area (Å²) in [6.07, 6.45) is -1.83. The van der Waals surface area contributed by atoms with Crippen LogP contribution in [-0.4, -0.2) is 93.7 Å². The zero-order valence-corrected chi connectivity index (χ0v) is 19.2. The molecule has 0 saturated heterocycles. The molecule has 0 fully saturated rings. The summed E-state index contributed by atoms with van der Waals surface area (Å²) >= 11 is 0. The molecule has 0 heterocycles. The van der Waals surface area contributed by atoms with Crippen LogP contribution < -0.4 is 5.32 Å². The van der Waals surface area contributed by atoms with Crippen LogP contribution in [0.15, 0.2) is 24.3 Å². The lowest BCUT2D eigenvalue weighted by atomic mass is 10.0. The number of nitrogens with zero attached hydrogens (tertiary/aromatic N) is 1. The summed E-state index contributed by atoms with van der Waals surface area (Å²) < 4.78 is 4.89. The number of hydrogen-bond acceptors (Lipinski definition) is 9. The first-order valence-corrected chi connectivity index (χ1v) is 11.4. The molecule has 0 aliphatic carbocycles. The summed E-state index contributed by atoms with van der Waals surface area (Å²) in [5, 5.41) is 51.9. The number of unbranched alkanes of at least 4 members (excludes halogenated alkanes) is 3. The van der Waals surface area contributed by atoms with Crippen molar-refractivity contribution < 1.29 is 35.1 Å². The molecule has 0 spiro atoms. The molecule has 1 aromatic carbocycles. The predicted octanol–water partition coefficient (Wildman–Crippen LogP) is 0.480. The highest BCUT2D eigenvalue weighted by Gasteiger charge is 2.31. The molecule has 1 aromatic rings. The van der Waals surface area contributed by atoms with Crippen molar-refractivity contribution in [3.8, 4) is 0 Å². The second kappa shape index (κ2) is 16.0. The standard InChI is InChI=1S/C23H40N2O7/c1-3-5-6-7-12-25(15-19(27)22(30)23(31)20(28)16-26)14-17-8-10-18(11-9-17)24-13-21(29)32-4-2/h8-11,19-20,22-24,26-28,30-31H,3-7,12-16H2,1-2H3/t19-,20+,22+,23+/m0/s1. The maximum absolute atomic E-state index is 11.5. The average molecular weight is 457 g/mol. The van der Waals surface area contributed by atoms with Crippen LogP contribution >= 0.6 is 0 Å². The Labute approximate surface area is 190 Å². The van der Waals surface area contributed by atoms with E-state index in [0.717, 1.165) is 36.9 Å². The fourth-order valence-electron chi connectivity index (χ4n) is 3.31. The summed E-state index contributed by atoms with van der Waals surface area (Å²) in [6.45, 7) is 4.92. The van der Waals surface area contributed by atoms with E-state index in [2.05, 4.69) is 12.2 Å². The normalized spacial score (nSPS) is 15.2. The van der Waals surface area contributed by atoms with Crippen molar-refractivity contribution in [3.63, 3.8) is 0 Å². The quantitative estimate of drug-likeness (QED) is 0.146. The second-order valence-corrected chi connectivity index (χ2v) is 7.95. The number of aliphatic hydroxyl groups excluding tert-OH is 5. The largest absolute Gasteiger partial charge is 0.465 e. The zero-order chi connectivity index (χ0) is 23.9. The van der Waals surface area contributed by atoms with Gasteiger partial charge in [0.2, 0.25) is 0 Å². The lowest BCUT2D eigenvalue weighted by Crippen LogP contribution is -2.49. The third kappa shape index (κ3) is 10.7. The molecule has 0 saturated carbocycles. The highest BCUT2D eigenvalue weighted by molar-refractivity contribution is 5.74. The molecular weight excluding hydrogens is 416 g/mol. The van der Waals surface area contributed by atoms with E-state index < -0.39 is 31.0 Å². The van der Waals surface area contributed by atoms with Crippen molar-refractivity contribution in [2.45, 2.75) is 70.5 Å². The van der Waals surface area contributed by atoms with Crippen LogP contribution in [0.2, 0.25) is 0 Å². The first-order chi connectivity index (χ1) is 15.3. The zero-order valence-electron chi connectivity index (χ0n) is 19.2. The minimum Gasteiger partial charge on any atom is -0.465 e. The summed E-state index contributed by atoms with van der Waals surface area (Å²) in [4.78, 5) is 13.4. The summed E-state index contributed by atoms with van der Waals surface area (Å²) in [7, 11) is 0. The third-order valence-corrected chi connectivity index (χ3v) is 5.20. The van der Waals surface area contributed by atoms with Crippen LogP contribution in [0.5, 0.6) is 0 Å². The number of anilines is 1. The average Bonchev–Trinajstić information content (AvgIpc) is 2.79. The van der Waals surface area contributed by atoms with E-state index >= 15 is 0 Å². The number of hydrogen-bond donors (Lipinski definition) is 6. The molecule has 184 valence electrons. The molecule has 0 amide bonds. The summed E-state index contributed by atoms with van der Waals surface area (Å²) in [6, 6.07) is 7.55. The van der Waals surface area contributed by atoms with Gasteiger partial charge in [0.15, 0.2) is 0 Å². The van der Waals surface area contributed by atoms with Crippen LogP contribution in [0.3, 0.4) is 0 Å². The van der Waals surface area contributed by atoms with E-state index in [1.54, 1.807) is 6.92 Å². The topological polar surface area (TPSA) is 143 Å². The molecule has 0 unspecified atom stereocenters. The maximum Gasteiger partial charge on any atom is 0.325 e. The highest BCUT2D eigenvalue weighted by Crippen LogP contribution is 2.14. The van der Waals surface area contributed by atoms with Gasteiger partial charge in [-0.05, 0) is 37.6 Å². The minimum atomic E-state index is -1.64. The Balaban J connectivity index is 2.71. The molecule has 9 heteroatoms. The van der Waals surface area contributed by atoms with E-state index in [9.17, 15) is 25.2 Å². The molecule has 6 N–H and O–H groups in total. The minimum absolute atomic E-state index is 0.0861. The van der Waals surface area contributed by atoms with E-state index in [4.69, 9.17) is 9.84 Å². The molecule has 0 aliphatic rings. The van der Waals surface area contributed by atoms with Crippen LogP contribution in [0.1, 0.15) is 45.1 Å². The number of ether oxygens (including phenoxy) is 1. The number of carbonyl (C=O) groups excluding carboxylic acids is 1. The Kier molecular flexibility index (Phi) is 14.1. The fraction of sp³-hybridized carbons (Fsp3) is 0.696. The Morgan fingerprint density at radius 3 is 2.25 bits per heavy atom. The van der Waals surface area contributed by atoms with Gasteiger partial charge in [0.25, 0.3) is 0 Å². The van der Waals surface area contributed by atoms with Crippen LogP contribution in [0.25, 0.3) is 0 Å². The molecular formula is C23H40N2O7. The Morgan fingerprint density at radius 1 is 1.00 bits per heavy atom. The fourth-order valence-corrected chi connectivity index (χ4v) is 3.31. The number of benzene rings is 1. The first-order valence-electron chi connectivity index (χ1n) is 11.4. The van der Waals surface area contributed by atoms with Gasteiger partial charge in [0, 0.05) is 18.8 Å². The van der Waals surface area contributed by atoms with Crippen molar-refractivity contribution in [1.82, 2.24) is 4.90 Å². The Morgan fingerprint density at radius 2 is 1.66 bits per heavy atom. The third-order valence-electron chi connectivity index (χ3n) is 5.20. The monoisotopic (exact) mass is 456 g/mol. The smallest absolute Gasteiger partial charge is 0.325 e. The Hall–Kier alpha value is -1.75. The summed E-state index contributed by atoms with van der Waals surface area (Å²) in [5.74, 6) is -0.323. The van der Waals surface area contributed by atoms with Crippen molar-refractivity contribution in [2.24, 2.45) is 0 Å². The van der Waals surface area contributed by atoms with Gasteiger partial charge < -0.3 is 35.6 Å². The van der Waals surface area contributed by atoms with Crippen molar-refractivity contribution in [2.75, 3.05) is 38.2 Å². The molecule has 4 atom stereocenters. The van der Waals surface area contributed by atoms with Gasteiger partial charge in [-0.15, -0.1) is 0 Å². The van der Waals surface area contributed by atoms with Gasteiger partial charge in [-0.2, -0.15) is 0 Å². The molecule has 0 aromatic heterocycles. The maximum atomic E-state index is 11.5. The van der Waals surface area contributed by atoms with E-state index in [1.807, 2.05) is 29.2 Å². The number of carbonyl (C=O) groups is 1.